The quantitative estimate of drug-likeness (QED) is 0.530. The Hall–Kier alpha value is -0.790. The first-order valence-corrected chi connectivity index (χ1v) is 8.98. The van der Waals surface area contributed by atoms with Gasteiger partial charge in [0, 0.05) is 10.4 Å². The second-order valence-electron chi connectivity index (χ2n) is 5.92. The lowest BCUT2D eigenvalue weighted by Gasteiger charge is -2.16. The lowest BCUT2D eigenvalue weighted by Crippen LogP contribution is -2.10. The molecule has 0 saturated carbocycles. The summed E-state index contributed by atoms with van der Waals surface area (Å²) in [7, 11) is 0. The van der Waals surface area contributed by atoms with Crippen LogP contribution in [0.2, 0.25) is 5.02 Å². The standard InChI is InChI=1S/C19H22BrCl/c1-14(2)17-9-7-15(8-10-17)11-16(13-20)12-18-5-3-4-6-19(18)21/h3-10,14,16H,11-13H2,1-2H3. The molecule has 2 heteroatoms. The van der Waals surface area contributed by atoms with E-state index in [4.69, 9.17) is 11.6 Å². The minimum Gasteiger partial charge on any atom is -0.0925 e. The van der Waals surface area contributed by atoms with Gasteiger partial charge >= 0.3 is 0 Å². The van der Waals surface area contributed by atoms with Gasteiger partial charge in [0.1, 0.15) is 0 Å². The lowest BCUT2D eigenvalue weighted by atomic mass is 9.93. The van der Waals surface area contributed by atoms with Crippen molar-refractivity contribution >= 4 is 27.5 Å². The molecule has 0 aromatic heterocycles. The van der Waals surface area contributed by atoms with Crippen LogP contribution in [0.15, 0.2) is 48.5 Å². The van der Waals surface area contributed by atoms with Crippen molar-refractivity contribution in [1.29, 1.82) is 0 Å². The zero-order chi connectivity index (χ0) is 15.2. The van der Waals surface area contributed by atoms with E-state index < -0.39 is 0 Å². The third-order valence-corrected chi connectivity index (χ3v) is 5.14. The van der Waals surface area contributed by atoms with Crippen molar-refractivity contribution in [3.05, 3.63) is 70.2 Å². The third kappa shape index (κ3) is 4.86. The molecule has 2 rings (SSSR count). The summed E-state index contributed by atoms with van der Waals surface area (Å²) >= 11 is 9.92. The van der Waals surface area contributed by atoms with E-state index in [1.807, 2.05) is 12.1 Å². The summed E-state index contributed by atoms with van der Waals surface area (Å²) in [6.07, 6.45) is 2.09. The van der Waals surface area contributed by atoms with Gasteiger partial charge in [0.15, 0.2) is 0 Å². The number of rotatable bonds is 6. The molecule has 0 bridgehead atoms. The Balaban J connectivity index is 2.03. The average Bonchev–Trinajstić information content (AvgIpc) is 2.49. The van der Waals surface area contributed by atoms with Crippen LogP contribution >= 0.6 is 27.5 Å². The molecule has 0 aliphatic carbocycles. The number of alkyl halides is 1. The van der Waals surface area contributed by atoms with Crippen molar-refractivity contribution in [2.24, 2.45) is 5.92 Å². The molecule has 0 nitrogen and oxygen atoms in total. The average molecular weight is 366 g/mol. The first kappa shape index (κ1) is 16.6. The molecule has 0 fully saturated rings. The Labute approximate surface area is 141 Å². The highest BCUT2D eigenvalue weighted by Gasteiger charge is 2.11. The molecule has 0 heterocycles. The zero-order valence-electron chi connectivity index (χ0n) is 12.7. The molecule has 1 atom stereocenters. The van der Waals surface area contributed by atoms with Crippen LogP contribution in [0.3, 0.4) is 0 Å². The summed E-state index contributed by atoms with van der Waals surface area (Å²) in [5, 5.41) is 1.86. The Morgan fingerprint density at radius 1 is 0.952 bits per heavy atom. The molecular weight excluding hydrogens is 344 g/mol. The SMILES string of the molecule is CC(C)c1ccc(CC(CBr)Cc2ccccc2Cl)cc1. The van der Waals surface area contributed by atoms with E-state index in [9.17, 15) is 0 Å². The first-order valence-electron chi connectivity index (χ1n) is 7.48. The minimum atomic E-state index is 0.565. The van der Waals surface area contributed by atoms with Gasteiger partial charge in [-0.2, -0.15) is 0 Å². The van der Waals surface area contributed by atoms with E-state index in [-0.39, 0.29) is 0 Å². The zero-order valence-corrected chi connectivity index (χ0v) is 15.0. The third-order valence-electron chi connectivity index (χ3n) is 3.86. The van der Waals surface area contributed by atoms with Crippen LogP contribution in [-0.4, -0.2) is 5.33 Å². The second kappa shape index (κ2) is 8.00. The molecule has 0 aliphatic rings. The second-order valence-corrected chi connectivity index (χ2v) is 6.97. The van der Waals surface area contributed by atoms with Gasteiger partial charge in [-0.05, 0) is 47.4 Å². The van der Waals surface area contributed by atoms with Crippen molar-refractivity contribution in [1.82, 2.24) is 0 Å². The molecular formula is C19H22BrCl. The van der Waals surface area contributed by atoms with Crippen LogP contribution in [-0.2, 0) is 12.8 Å². The first-order chi connectivity index (χ1) is 10.1. The van der Waals surface area contributed by atoms with Crippen LogP contribution in [0, 0.1) is 5.92 Å². The van der Waals surface area contributed by atoms with E-state index in [0.29, 0.717) is 11.8 Å². The fourth-order valence-corrected chi connectivity index (χ4v) is 3.20. The maximum absolute atomic E-state index is 6.27. The van der Waals surface area contributed by atoms with Crippen molar-refractivity contribution < 1.29 is 0 Å². The van der Waals surface area contributed by atoms with Crippen molar-refractivity contribution in [3.63, 3.8) is 0 Å². The fourth-order valence-electron chi connectivity index (χ4n) is 2.53. The Bertz CT molecular complexity index is 560. The van der Waals surface area contributed by atoms with Gasteiger partial charge in [-0.3, -0.25) is 0 Å². The van der Waals surface area contributed by atoms with E-state index >= 15 is 0 Å². The maximum atomic E-state index is 6.27. The molecule has 0 radical (unpaired) electrons. The molecule has 0 aliphatic heterocycles. The fraction of sp³-hybridized carbons (Fsp3) is 0.368. The largest absolute Gasteiger partial charge is 0.0925 e. The highest BCUT2D eigenvalue weighted by Crippen LogP contribution is 2.23. The smallest absolute Gasteiger partial charge is 0.0438 e. The molecule has 0 amide bonds. The molecule has 2 aromatic carbocycles. The number of hydrogen-bond acceptors (Lipinski definition) is 0. The minimum absolute atomic E-state index is 0.565. The van der Waals surface area contributed by atoms with E-state index in [1.165, 1.54) is 16.7 Å². The van der Waals surface area contributed by atoms with Crippen molar-refractivity contribution in [2.45, 2.75) is 32.6 Å². The molecule has 2 aromatic rings. The monoisotopic (exact) mass is 364 g/mol. The summed E-state index contributed by atoms with van der Waals surface area (Å²) in [4.78, 5) is 0. The van der Waals surface area contributed by atoms with Crippen LogP contribution in [0.4, 0.5) is 0 Å². The maximum Gasteiger partial charge on any atom is 0.0438 e. The molecule has 21 heavy (non-hydrogen) atoms. The van der Waals surface area contributed by atoms with Crippen LogP contribution in [0.5, 0.6) is 0 Å². The topological polar surface area (TPSA) is 0 Å². The lowest BCUT2D eigenvalue weighted by molar-refractivity contribution is 0.591. The van der Waals surface area contributed by atoms with Crippen LogP contribution in [0.1, 0.15) is 36.5 Å². The van der Waals surface area contributed by atoms with E-state index in [0.717, 1.165) is 23.2 Å². The number of halogens is 2. The summed E-state index contributed by atoms with van der Waals surface area (Å²) in [6, 6.07) is 17.2. The summed E-state index contributed by atoms with van der Waals surface area (Å²) < 4.78 is 0. The van der Waals surface area contributed by atoms with Crippen molar-refractivity contribution in [2.75, 3.05) is 5.33 Å². The van der Waals surface area contributed by atoms with Gasteiger partial charge in [-0.25, -0.2) is 0 Å². The highest BCUT2D eigenvalue weighted by molar-refractivity contribution is 9.09. The molecule has 0 spiro atoms. The van der Waals surface area contributed by atoms with Gasteiger partial charge in [0.05, 0.1) is 0 Å². The van der Waals surface area contributed by atoms with Crippen LogP contribution < -0.4 is 0 Å². The molecule has 1 unspecified atom stereocenters. The Morgan fingerprint density at radius 3 is 2.19 bits per heavy atom. The summed E-state index contributed by atoms with van der Waals surface area (Å²) in [5.74, 6) is 1.16. The highest BCUT2D eigenvalue weighted by atomic mass is 79.9. The van der Waals surface area contributed by atoms with Gasteiger partial charge in [-0.1, -0.05) is 83.8 Å². The summed E-state index contributed by atoms with van der Waals surface area (Å²) in [5.41, 5.74) is 4.04. The molecule has 112 valence electrons. The van der Waals surface area contributed by atoms with Gasteiger partial charge in [0.25, 0.3) is 0 Å². The van der Waals surface area contributed by atoms with Gasteiger partial charge < -0.3 is 0 Å². The predicted octanol–water partition coefficient (Wildman–Crippen LogP) is 6.26. The van der Waals surface area contributed by atoms with Crippen molar-refractivity contribution in [3.8, 4) is 0 Å². The normalized spacial score (nSPS) is 12.6. The Kier molecular flexibility index (Phi) is 6.32. The predicted molar refractivity (Wildman–Crippen MR) is 96.7 cm³/mol. The molecule has 0 saturated heterocycles. The van der Waals surface area contributed by atoms with Crippen LogP contribution in [0.25, 0.3) is 0 Å². The van der Waals surface area contributed by atoms with Gasteiger partial charge in [-0.15, -0.1) is 0 Å². The molecule has 0 N–H and O–H groups in total. The van der Waals surface area contributed by atoms with E-state index in [1.54, 1.807) is 0 Å². The van der Waals surface area contributed by atoms with E-state index in [2.05, 4.69) is 66.2 Å². The van der Waals surface area contributed by atoms with Gasteiger partial charge in [0.2, 0.25) is 0 Å². The Morgan fingerprint density at radius 2 is 1.62 bits per heavy atom. The number of benzene rings is 2. The summed E-state index contributed by atoms with van der Waals surface area (Å²) in [6.45, 7) is 4.46. The number of hydrogen-bond donors (Lipinski definition) is 0.